The van der Waals surface area contributed by atoms with Crippen LogP contribution in [0.2, 0.25) is 0 Å². The normalized spacial score (nSPS) is 14.8. The smallest absolute Gasteiger partial charge is 0.341 e. The molecule has 0 spiro atoms. The van der Waals surface area contributed by atoms with E-state index in [0.717, 1.165) is 10.4 Å². The molecule has 1 aliphatic rings. The summed E-state index contributed by atoms with van der Waals surface area (Å²) in [6.45, 7) is 6.60. The average Bonchev–Trinajstić information content (AvgIpc) is 2.95. The van der Waals surface area contributed by atoms with Gasteiger partial charge in [0.15, 0.2) is 0 Å². The molecule has 1 saturated heterocycles. The van der Waals surface area contributed by atoms with Crippen molar-refractivity contribution < 1.29 is 18.7 Å². The molecular formula is C20H24FN3O3S. The predicted molar refractivity (Wildman–Crippen MR) is 109 cm³/mol. The van der Waals surface area contributed by atoms with Crippen LogP contribution >= 0.6 is 11.3 Å². The molecular weight excluding hydrogens is 381 g/mol. The lowest BCUT2D eigenvalue weighted by Gasteiger charge is -2.35. The molecule has 2 aromatic rings. The number of piperazine rings is 1. The first-order chi connectivity index (χ1) is 13.4. The van der Waals surface area contributed by atoms with Gasteiger partial charge in [0.25, 0.3) is 0 Å². The number of thiophene rings is 1. The third-order valence-corrected chi connectivity index (χ3v) is 6.08. The van der Waals surface area contributed by atoms with Gasteiger partial charge in [-0.1, -0.05) is 12.1 Å². The number of amides is 1. The topological polar surface area (TPSA) is 61.9 Å². The number of ether oxygens (including phenoxy) is 1. The van der Waals surface area contributed by atoms with Crippen LogP contribution in [0, 0.1) is 19.7 Å². The molecule has 0 unspecified atom stereocenters. The third kappa shape index (κ3) is 4.34. The Kier molecular flexibility index (Phi) is 6.31. The second-order valence-corrected chi connectivity index (χ2v) is 7.97. The number of esters is 1. The van der Waals surface area contributed by atoms with Gasteiger partial charge in [0.05, 0.1) is 24.9 Å². The van der Waals surface area contributed by atoms with Crippen molar-refractivity contribution in [2.24, 2.45) is 0 Å². The molecule has 2 heterocycles. The molecule has 1 aromatic heterocycles. The minimum Gasteiger partial charge on any atom is -0.465 e. The van der Waals surface area contributed by atoms with E-state index < -0.39 is 5.97 Å². The van der Waals surface area contributed by atoms with Crippen molar-refractivity contribution in [1.29, 1.82) is 0 Å². The lowest BCUT2D eigenvalue weighted by atomic mass is 10.1. The number of nitrogens with one attached hydrogen (secondary N) is 1. The number of aryl methyl sites for hydroxylation is 1. The van der Waals surface area contributed by atoms with Crippen LogP contribution in [-0.4, -0.2) is 56.6 Å². The highest BCUT2D eigenvalue weighted by Gasteiger charge is 2.24. The first-order valence-electron chi connectivity index (χ1n) is 9.10. The van der Waals surface area contributed by atoms with E-state index in [1.807, 2.05) is 29.7 Å². The molecule has 0 aliphatic carbocycles. The summed E-state index contributed by atoms with van der Waals surface area (Å²) in [5, 5.41) is 3.38. The highest BCUT2D eigenvalue weighted by atomic mass is 32.1. The number of methoxy groups -OCH3 is 1. The van der Waals surface area contributed by atoms with Gasteiger partial charge in [0, 0.05) is 31.1 Å². The standard InChI is InChI=1S/C20H24FN3O3S/c1-13-14(2)28-19(18(13)20(26)27-3)22-17(25)12-23-8-10-24(11-9-23)16-7-5-4-6-15(16)21/h4-7H,8-12H2,1-3H3,(H,22,25). The molecule has 0 radical (unpaired) electrons. The molecule has 1 aliphatic heterocycles. The van der Waals surface area contributed by atoms with Crippen LogP contribution in [0.25, 0.3) is 0 Å². The zero-order chi connectivity index (χ0) is 20.3. The molecule has 1 amide bonds. The Morgan fingerprint density at radius 3 is 2.50 bits per heavy atom. The van der Waals surface area contributed by atoms with E-state index >= 15 is 0 Å². The number of hydrogen-bond acceptors (Lipinski definition) is 6. The summed E-state index contributed by atoms with van der Waals surface area (Å²) < 4.78 is 18.8. The molecule has 1 N–H and O–H groups in total. The summed E-state index contributed by atoms with van der Waals surface area (Å²) >= 11 is 1.37. The van der Waals surface area contributed by atoms with Gasteiger partial charge < -0.3 is 15.0 Å². The lowest BCUT2D eigenvalue weighted by molar-refractivity contribution is -0.117. The fourth-order valence-electron chi connectivity index (χ4n) is 3.29. The van der Waals surface area contributed by atoms with Crippen molar-refractivity contribution in [1.82, 2.24) is 4.90 Å². The molecule has 0 atom stereocenters. The number of benzene rings is 1. The summed E-state index contributed by atoms with van der Waals surface area (Å²) in [5.74, 6) is -0.853. The largest absolute Gasteiger partial charge is 0.465 e. The van der Waals surface area contributed by atoms with E-state index in [2.05, 4.69) is 5.32 Å². The first kappa shape index (κ1) is 20.3. The second-order valence-electron chi connectivity index (χ2n) is 6.74. The molecule has 1 fully saturated rings. The fourth-order valence-corrected chi connectivity index (χ4v) is 4.35. The minimum absolute atomic E-state index is 0.175. The number of anilines is 2. The van der Waals surface area contributed by atoms with E-state index in [4.69, 9.17) is 4.74 Å². The number of carbonyl (C=O) groups excluding carboxylic acids is 2. The van der Waals surface area contributed by atoms with Gasteiger partial charge >= 0.3 is 5.97 Å². The first-order valence-corrected chi connectivity index (χ1v) is 9.92. The molecule has 0 bridgehead atoms. The van der Waals surface area contributed by atoms with Crippen LogP contribution in [0.3, 0.4) is 0 Å². The molecule has 150 valence electrons. The van der Waals surface area contributed by atoms with Gasteiger partial charge in [0.2, 0.25) is 5.91 Å². The number of halogens is 1. The van der Waals surface area contributed by atoms with Gasteiger partial charge in [-0.3, -0.25) is 9.69 Å². The molecule has 6 nitrogen and oxygen atoms in total. The highest BCUT2D eigenvalue weighted by Crippen LogP contribution is 2.33. The van der Waals surface area contributed by atoms with Gasteiger partial charge in [-0.05, 0) is 31.5 Å². The average molecular weight is 405 g/mol. The van der Waals surface area contributed by atoms with Crippen LogP contribution < -0.4 is 10.2 Å². The minimum atomic E-state index is -0.448. The van der Waals surface area contributed by atoms with Gasteiger partial charge in [-0.15, -0.1) is 11.3 Å². The Morgan fingerprint density at radius 1 is 1.18 bits per heavy atom. The maximum atomic E-state index is 13.9. The monoisotopic (exact) mass is 405 g/mol. The van der Waals surface area contributed by atoms with Gasteiger partial charge in [-0.25, -0.2) is 9.18 Å². The van der Waals surface area contributed by atoms with E-state index in [-0.39, 0.29) is 18.3 Å². The predicted octanol–water partition coefficient (Wildman–Crippen LogP) is 3.05. The van der Waals surface area contributed by atoms with Crippen LogP contribution in [0.1, 0.15) is 20.8 Å². The molecule has 1 aromatic carbocycles. The summed E-state index contributed by atoms with van der Waals surface area (Å²) in [6.07, 6.45) is 0. The molecule has 0 saturated carbocycles. The molecule has 3 rings (SSSR count). The zero-order valence-electron chi connectivity index (χ0n) is 16.3. The van der Waals surface area contributed by atoms with E-state index in [1.54, 1.807) is 12.1 Å². The summed E-state index contributed by atoms with van der Waals surface area (Å²) in [5.41, 5.74) is 1.84. The molecule has 8 heteroatoms. The number of rotatable bonds is 5. The third-order valence-electron chi connectivity index (χ3n) is 4.96. The maximum Gasteiger partial charge on any atom is 0.341 e. The Balaban J connectivity index is 1.58. The maximum absolute atomic E-state index is 13.9. The van der Waals surface area contributed by atoms with E-state index in [1.165, 1.54) is 24.5 Å². The van der Waals surface area contributed by atoms with E-state index in [0.29, 0.717) is 42.4 Å². The van der Waals surface area contributed by atoms with Crippen LogP contribution in [-0.2, 0) is 9.53 Å². The van der Waals surface area contributed by atoms with Crippen LogP contribution in [0.15, 0.2) is 24.3 Å². The summed E-state index contributed by atoms with van der Waals surface area (Å²) in [4.78, 5) is 29.5. The van der Waals surface area contributed by atoms with Crippen molar-refractivity contribution >= 4 is 33.9 Å². The van der Waals surface area contributed by atoms with Crippen molar-refractivity contribution in [3.05, 3.63) is 46.1 Å². The quantitative estimate of drug-likeness (QED) is 0.775. The summed E-state index contributed by atoms with van der Waals surface area (Å²) in [6, 6.07) is 6.73. The number of carbonyl (C=O) groups is 2. The number of para-hydroxylation sites is 1. The van der Waals surface area contributed by atoms with Crippen molar-refractivity contribution in [2.45, 2.75) is 13.8 Å². The Labute approximate surface area is 167 Å². The lowest BCUT2D eigenvalue weighted by Crippen LogP contribution is -2.48. The van der Waals surface area contributed by atoms with Crippen LogP contribution in [0.4, 0.5) is 15.1 Å². The highest BCUT2D eigenvalue weighted by molar-refractivity contribution is 7.16. The zero-order valence-corrected chi connectivity index (χ0v) is 17.1. The number of hydrogen-bond donors (Lipinski definition) is 1. The second kappa shape index (κ2) is 8.70. The fraction of sp³-hybridized carbons (Fsp3) is 0.400. The van der Waals surface area contributed by atoms with Crippen LogP contribution in [0.5, 0.6) is 0 Å². The van der Waals surface area contributed by atoms with Crippen molar-refractivity contribution in [3.8, 4) is 0 Å². The SMILES string of the molecule is COC(=O)c1c(NC(=O)CN2CCN(c3ccccc3F)CC2)sc(C)c1C. The van der Waals surface area contributed by atoms with Crippen molar-refractivity contribution in [3.63, 3.8) is 0 Å². The Bertz CT molecular complexity index is 876. The summed E-state index contributed by atoms with van der Waals surface area (Å²) in [7, 11) is 1.33. The Hall–Kier alpha value is -2.45. The van der Waals surface area contributed by atoms with E-state index in [9.17, 15) is 14.0 Å². The molecule has 28 heavy (non-hydrogen) atoms. The van der Waals surface area contributed by atoms with Gasteiger partial charge in [-0.2, -0.15) is 0 Å². The Morgan fingerprint density at radius 2 is 1.86 bits per heavy atom. The van der Waals surface area contributed by atoms with Crippen molar-refractivity contribution in [2.75, 3.05) is 50.1 Å². The number of nitrogens with zero attached hydrogens (tertiary/aromatic N) is 2. The van der Waals surface area contributed by atoms with Gasteiger partial charge in [0.1, 0.15) is 10.8 Å².